The van der Waals surface area contributed by atoms with Crippen LogP contribution >= 0.6 is 0 Å². The molecule has 0 saturated heterocycles. The van der Waals surface area contributed by atoms with E-state index in [4.69, 9.17) is 4.74 Å². The van der Waals surface area contributed by atoms with Gasteiger partial charge < -0.3 is 50.8 Å². The number of carbonyl (C=O) groups is 2. The number of hydrogen-bond acceptors (Lipinski definition) is 9. The zero-order chi connectivity index (χ0) is 24.4. The number of H-pyrrole nitrogens is 1. The molecule has 9 N–H and O–H groups in total. The molecular weight excluding hydrogens is 440 g/mol. The largest absolute Gasteiger partial charge is 0.504 e. The Bertz CT molecular complexity index is 1280. The Balaban J connectivity index is 1.86. The van der Waals surface area contributed by atoms with Gasteiger partial charge in [-0.1, -0.05) is 6.07 Å². The highest BCUT2D eigenvalue weighted by Crippen LogP contribution is 2.51. The van der Waals surface area contributed by atoms with Gasteiger partial charge in [0, 0.05) is 18.1 Å². The molecule has 0 saturated carbocycles. The Morgan fingerprint density at radius 1 is 1.06 bits per heavy atom. The van der Waals surface area contributed by atoms with Crippen molar-refractivity contribution in [2.24, 2.45) is 0 Å². The molecule has 2 aromatic carbocycles. The van der Waals surface area contributed by atoms with Crippen LogP contribution < -0.4 is 10.1 Å². The highest BCUT2D eigenvalue weighted by Gasteiger charge is 2.28. The lowest BCUT2D eigenvalue weighted by atomic mass is 10.0. The molecule has 1 atom stereocenters. The van der Waals surface area contributed by atoms with Gasteiger partial charge in [0.25, 0.3) is 0 Å². The van der Waals surface area contributed by atoms with E-state index in [-0.39, 0.29) is 28.0 Å². The van der Waals surface area contributed by atoms with Gasteiger partial charge in [-0.15, -0.1) is 0 Å². The minimum atomic E-state index is -1.58. The first kappa shape index (κ1) is 22.9. The zero-order valence-corrected chi connectivity index (χ0v) is 17.0. The number of amides is 1. The summed E-state index contributed by atoms with van der Waals surface area (Å²) in [5, 5.41) is 70.7. The number of rotatable bonds is 7. The van der Waals surface area contributed by atoms with Crippen LogP contribution in [0.25, 0.3) is 17.0 Å². The van der Waals surface area contributed by atoms with Crippen molar-refractivity contribution in [3.63, 3.8) is 0 Å². The minimum Gasteiger partial charge on any atom is -0.504 e. The van der Waals surface area contributed by atoms with Crippen LogP contribution in [0, 0.1) is 0 Å². The van der Waals surface area contributed by atoms with Crippen molar-refractivity contribution >= 4 is 28.9 Å². The molecule has 12 nitrogen and oxygen atoms in total. The standard InChI is InChI=1S/C21H20N2O10/c1-33-12-6-8(2-4-11(12)24)3-5-13(25)22-10(21(31)32)7-9-14-15(23-20(9)30)17(27)19(29)18(28)16(14)26/h2-6,10,23-24,26-30H,7H2,1H3,(H,22,25)(H,31,32)/b5-3+/t10-/m0/s1. The van der Waals surface area contributed by atoms with E-state index >= 15 is 0 Å². The van der Waals surface area contributed by atoms with E-state index in [0.717, 1.165) is 6.08 Å². The molecule has 0 spiro atoms. The van der Waals surface area contributed by atoms with E-state index in [0.29, 0.717) is 5.56 Å². The number of carboxylic acid groups (broad SMARTS) is 1. The van der Waals surface area contributed by atoms with Crippen LogP contribution in [0.2, 0.25) is 0 Å². The van der Waals surface area contributed by atoms with Crippen molar-refractivity contribution in [3.05, 3.63) is 35.4 Å². The number of nitrogens with one attached hydrogen (secondary N) is 2. The van der Waals surface area contributed by atoms with Gasteiger partial charge in [-0.2, -0.15) is 0 Å². The van der Waals surface area contributed by atoms with E-state index in [1.807, 2.05) is 0 Å². The summed E-state index contributed by atoms with van der Waals surface area (Å²) < 4.78 is 4.97. The number of hydrogen-bond donors (Lipinski definition) is 9. The second kappa shape index (κ2) is 8.78. The zero-order valence-electron chi connectivity index (χ0n) is 17.0. The molecule has 3 rings (SSSR count). The van der Waals surface area contributed by atoms with E-state index in [1.54, 1.807) is 0 Å². The first-order valence-electron chi connectivity index (χ1n) is 9.32. The molecule has 1 aromatic heterocycles. The summed E-state index contributed by atoms with van der Waals surface area (Å²) in [5.74, 6) is -6.72. The van der Waals surface area contributed by atoms with Crippen molar-refractivity contribution in [3.8, 4) is 40.4 Å². The SMILES string of the molecule is COc1cc(/C=C/C(=O)N[C@@H](Cc2c(O)[nH]c3c(O)c(O)c(O)c(O)c23)C(=O)O)ccc1O. The van der Waals surface area contributed by atoms with E-state index in [1.165, 1.54) is 31.4 Å². The molecule has 0 aliphatic carbocycles. The molecule has 1 heterocycles. The van der Waals surface area contributed by atoms with Crippen molar-refractivity contribution in [2.45, 2.75) is 12.5 Å². The van der Waals surface area contributed by atoms with Crippen LogP contribution in [-0.4, -0.2) is 65.8 Å². The normalized spacial score (nSPS) is 12.2. The number of fused-ring (bicyclic) bond motifs is 1. The summed E-state index contributed by atoms with van der Waals surface area (Å²) in [4.78, 5) is 26.3. The van der Waals surface area contributed by atoms with Gasteiger partial charge in [0.1, 0.15) is 6.04 Å². The predicted molar refractivity (Wildman–Crippen MR) is 114 cm³/mol. The van der Waals surface area contributed by atoms with E-state index in [9.17, 15) is 45.3 Å². The Hall–Kier alpha value is -4.74. The Morgan fingerprint density at radius 2 is 1.73 bits per heavy atom. The number of aromatic hydroxyl groups is 6. The highest BCUT2D eigenvalue weighted by atomic mass is 16.5. The van der Waals surface area contributed by atoms with Gasteiger partial charge in [0.2, 0.25) is 17.4 Å². The predicted octanol–water partition coefficient (Wildman–Crippen LogP) is 1.24. The molecule has 0 fully saturated rings. The van der Waals surface area contributed by atoms with Crippen molar-refractivity contribution in [2.75, 3.05) is 7.11 Å². The number of aromatic nitrogens is 1. The lowest BCUT2D eigenvalue weighted by Gasteiger charge is -2.14. The first-order valence-corrected chi connectivity index (χ1v) is 9.32. The maximum Gasteiger partial charge on any atom is 0.326 e. The summed E-state index contributed by atoms with van der Waals surface area (Å²) in [5.41, 5.74) is -0.0865. The fraction of sp³-hybridized carbons (Fsp3) is 0.143. The molecule has 12 heteroatoms. The summed E-state index contributed by atoms with van der Waals surface area (Å²) in [6.45, 7) is 0. The molecule has 0 aliphatic rings. The smallest absolute Gasteiger partial charge is 0.326 e. The van der Waals surface area contributed by atoms with E-state index < -0.39 is 53.2 Å². The van der Waals surface area contributed by atoms with Gasteiger partial charge in [-0.3, -0.25) is 4.79 Å². The van der Waals surface area contributed by atoms with Crippen molar-refractivity contribution < 1.29 is 50.1 Å². The van der Waals surface area contributed by atoms with Gasteiger partial charge >= 0.3 is 5.97 Å². The highest BCUT2D eigenvalue weighted by molar-refractivity contribution is 6.00. The molecule has 0 aliphatic heterocycles. The number of phenolic OH excluding ortho intramolecular Hbond substituents is 5. The van der Waals surface area contributed by atoms with Gasteiger partial charge in [0.05, 0.1) is 18.0 Å². The van der Waals surface area contributed by atoms with Crippen LogP contribution in [0.1, 0.15) is 11.1 Å². The molecule has 0 radical (unpaired) electrons. The monoisotopic (exact) mass is 460 g/mol. The average Bonchev–Trinajstić information content (AvgIpc) is 3.11. The molecule has 174 valence electrons. The quantitative estimate of drug-likeness (QED) is 0.140. The fourth-order valence-corrected chi connectivity index (χ4v) is 3.22. The lowest BCUT2D eigenvalue weighted by Crippen LogP contribution is -2.41. The third-order valence-electron chi connectivity index (χ3n) is 4.88. The molecular formula is C21H20N2O10. The van der Waals surface area contributed by atoms with Gasteiger partial charge in [-0.25, -0.2) is 4.79 Å². The maximum absolute atomic E-state index is 12.3. The maximum atomic E-state index is 12.3. The number of aliphatic carboxylic acids is 1. The summed E-state index contributed by atoms with van der Waals surface area (Å²) in [6.07, 6.45) is 1.85. The summed E-state index contributed by atoms with van der Waals surface area (Å²) in [6, 6.07) is 2.72. The Morgan fingerprint density at radius 3 is 2.36 bits per heavy atom. The third-order valence-corrected chi connectivity index (χ3v) is 4.88. The molecule has 0 bridgehead atoms. The Labute approximate surface area is 185 Å². The van der Waals surface area contributed by atoms with Gasteiger partial charge in [0.15, 0.2) is 28.9 Å². The Kier molecular flexibility index (Phi) is 6.10. The van der Waals surface area contributed by atoms with Crippen LogP contribution in [0.4, 0.5) is 0 Å². The number of aromatic amines is 1. The van der Waals surface area contributed by atoms with E-state index in [2.05, 4.69) is 10.3 Å². The van der Waals surface area contributed by atoms with Crippen LogP contribution in [0.15, 0.2) is 24.3 Å². The topological polar surface area (TPSA) is 213 Å². The summed E-state index contributed by atoms with van der Waals surface area (Å²) >= 11 is 0. The van der Waals surface area contributed by atoms with Crippen molar-refractivity contribution in [1.29, 1.82) is 0 Å². The van der Waals surface area contributed by atoms with Crippen LogP contribution in [0.5, 0.6) is 40.4 Å². The number of methoxy groups -OCH3 is 1. The van der Waals surface area contributed by atoms with Gasteiger partial charge in [-0.05, 0) is 23.8 Å². The van der Waals surface area contributed by atoms with Crippen LogP contribution in [-0.2, 0) is 16.0 Å². The van der Waals surface area contributed by atoms with Crippen molar-refractivity contribution in [1.82, 2.24) is 10.3 Å². The average molecular weight is 460 g/mol. The number of carboxylic acids is 1. The second-order valence-electron chi connectivity index (χ2n) is 6.96. The number of phenols is 5. The first-order chi connectivity index (χ1) is 15.5. The minimum absolute atomic E-state index is 0.0998. The second-order valence-corrected chi connectivity index (χ2v) is 6.96. The van der Waals surface area contributed by atoms with Crippen LogP contribution in [0.3, 0.4) is 0 Å². The molecule has 0 unspecified atom stereocenters. The fourth-order valence-electron chi connectivity index (χ4n) is 3.22. The number of ether oxygens (including phenoxy) is 1. The lowest BCUT2D eigenvalue weighted by molar-refractivity contribution is -0.141. The molecule has 1 amide bonds. The molecule has 33 heavy (non-hydrogen) atoms. The number of carbonyl (C=O) groups excluding carboxylic acids is 1. The third kappa shape index (κ3) is 4.35. The summed E-state index contributed by atoms with van der Waals surface area (Å²) in [7, 11) is 1.35. The number of benzene rings is 2. The molecule has 3 aromatic rings.